The SMILES string of the molecule is CCOC(=O)C(C#N)C1=C(C(SC)=C(C#N)C(=O)OC)CCCCCC1. The van der Waals surface area contributed by atoms with Crippen molar-refractivity contribution in [3.63, 3.8) is 0 Å². The first-order valence-electron chi connectivity index (χ1n) is 8.60. The van der Waals surface area contributed by atoms with Crippen molar-refractivity contribution < 1.29 is 19.1 Å². The zero-order valence-corrected chi connectivity index (χ0v) is 16.3. The van der Waals surface area contributed by atoms with Crippen LogP contribution in [0.15, 0.2) is 21.6 Å². The van der Waals surface area contributed by atoms with Gasteiger partial charge in [-0.3, -0.25) is 4.79 Å². The molecule has 7 heteroatoms. The van der Waals surface area contributed by atoms with Gasteiger partial charge in [0, 0.05) is 4.91 Å². The Kier molecular flexibility index (Phi) is 9.54. The molecule has 1 aliphatic carbocycles. The number of carbonyl (C=O) groups excluding carboxylic acids is 2. The molecule has 0 aromatic carbocycles. The third kappa shape index (κ3) is 5.37. The number of rotatable bonds is 6. The zero-order valence-electron chi connectivity index (χ0n) is 15.5. The van der Waals surface area contributed by atoms with Gasteiger partial charge in [0.15, 0.2) is 11.5 Å². The molecule has 1 unspecified atom stereocenters. The maximum atomic E-state index is 12.3. The molecule has 0 radical (unpaired) electrons. The molecule has 0 heterocycles. The largest absolute Gasteiger partial charge is 0.465 e. The van der Waals surface area contributed by atoms with Gasteiger partial charge >= 0.3 is 11.9 Å². The summed E-state index contributed by atoms with van der Waals surface area (Å²) in [6, 6.07) is 3.97. The van der Waals surface area contributed by atoms with Crippen LogP contribution < -0.4 is 0 Å². The van der Waals surface area contributed by atoms with E-state index in [0.29, 0.717) is 23.3 Å². The summed E-state index contributed by atoms with van der Waals surface area (Å²) < 4.78 is 9.79. The molecule has 1 aliphatic rings. The van der Waals surface area contributed by atoms with Gasteiger partial charge in [-0.25, -0.2) is 4.79 Å². The van der Waals surface area contributed by atoms with Crippen LogP contribution in [0.2, 0.25) is 0 Å². The third-order valence-corrected chi connectivity index (χ3v) is 5.08. The fourth-order valence-electron chi connectivity index (χ4n) is 3.03. The molecule has 0 aromatic heterocycles. The normalized spacial score (nSPS) is 17.0. The van der Waals surface area contributed by atoms with E-state index < -0.39 is 17.9 Å². The van der Waals surface area contributed by atoms with Gasteiger partial charge in [0.05, 0.1) is 19.8 Å². The first kappa shape index (κ1) is 21.8. The molecule has 140 valence electrons. The fourth-order valence-corrected chi connectivity index (χ4v) is 3.84. The Hall–Kier alpha value is -2.25. The second-order valence-corrected chi connectivity index (χ2v) is 6.56. The smallest absolute Gasteiger partial charge is 0.349 e. The lowest BCUT2D eigenvalue weighted by molar-refractivity contribution is -0.145. The molecule has 0 fully saturated rings. The van der Waals surface area contributed by atoms with Crippen LogP contribution in [0, 0.1) is 28.6 Å². The van der Waals surface area contributed by atoms with Gasteiger partial charge in [-0.05, 0) is 50.0 Å². The van der Waals surface area contributed by atoms with Crippen LogP contribution in [0.1, 0.15) is 45.4 Å². The van der Waals surface area contributed by atoms with Gasteiger partial charge in [0.2, 0.25) is 0 Å². The van der Waals surface area contributed by atoms with E-state index in [1.54, 1.807) is 13.2 Å². The number of esters is 2. The van der Waals surface area contributed by atoms with E-state index in [1.807, 2.05) is 6.07 Å². The molecule has 0 bridgehead atoms. The average molecular weight is 376 g/mol. The van der Waals surface area contributed by atoms with Crippen LogP contribution in [0.4, 0.5) is 0 Å². The van der Waals surface area contributed by atoms with E-state index in [9.17, 15) is 20.1 Å². The van der Waals surface area contributed by atoms with Gasteiger partial charge in [0.25, 0.3) is 0 Å². The van der Waals surface area contributed by atoms with Crippen molar-refractivity contribution in [2.24, 2.45) is 5.92 Å². The maximum absolute atomic E-state index is 12.3. The average Bonchev–Trinajstić information content (AvgIpc) is 2.62. The lowest BCUT2D eigenvalue weighted by Gasteiger charge is -2.23. The highest BCUT2D eigenvalue weighted by atomic mass is 32.2. The first-order valence-corrected chi connectivity index (χ1v) is 9.83. The molecular formula is C19H24N2O4S. The summed E-state index contributed by atoms with van der Waals surface area (Å²) in [5.74, 6) is -2.32. The quantitative estimate of drug-likeness (QED) is 0.396. The van der Waals surface area contributed by atoms with Crippen molar-refractivity contribution in [3.05, 3.63) is 21.6 Å². The second kappa shape index (κ2) is 11.4. The van der Waals surface area contributed by atoms with Gasteiger partial charge in [-0.1, -0.05) is 12.8 Å². The van der Waals surface area contributed by atoms with Gasteiger partial charge < -0.3 is 9.47 Å². The highest BCUT2D eigenvalue weighted by molar-refractivity contribution is 8.02. The van der Waals surface area contributed by atoms with Crippen molar-refractivity contribution >= 4 is 23.7 Å². The summed E-state index contributed by atoms with van der Waals surface area (Å²) in [5.41, 5.74) is 1.30. The number of ether oxygens (including phenoxy) is 2. The predicted molar refractivity (Wildman–Crippen MR) is 98.6 cm³/mol. The van der Waals surface area contributed by atoms with Crippen LogP contribution >= 0.6 is 11.8 Å². The minimum absolute atomic E-state index is 0.0892. The van der Waals surface area contributed by atoms with Crippen molar-refractivity contribution in [2.45, 2.75) is 45.4 Å². The zero-order chi connectivity index (χ0) is 19.5. The molecule has 0 spiro atoms. The summed E-state index contributed by atoms with van der Waals surface area (Å²) in [5, 5.41) is 19.1. The third-order valence-electron chi connectivity index (χ3n) is 4.22. The fraction of sp³-hybridized carbons (Fsp3) is 0.579. The lowest BCUT2D eigenvalue weighted by Crippen LogP contribution is -2.21. The van der Waals surface area contributed by atoms with Crippen molar-refractivity contribution in [1.82, 2.24) is 0 Å². The van der Waals surface area contributed by atoms with E-state index in [-0.39, 0.29) is 12.2 Å². The van der Waals surface area contributed by atoms with Crippen LogP contribution in [-0.2, 0) is 19.1 Å². The minimum atomic E-state index is -1.03. The number of nitriles is 2. The Balaban J connectivity index is 3.63. The molecule has 1 rings (SSSR count). The monoisotopic (exact) mass is 376 g/mol. The van der Waals surface area contributed by atoms with Crippen LogP contribution in [-0.4, -0.2) is 31.9 Å². The number of allylic oxidation sites excluding steroid dienone is 1. The topological polar surface area (TPSA) is 100 Å². The first-order chi connectivity index (χ1) is 12.5. The Labute approximate surface area is 158 Å². The molecule has 0 aromatic rings. The van der Waals surface area contributed by atoms with Gasteiger partial charge in [0.1, 0.15) is 6.07 Å². The highest BCUT2D eigenvalue weighted by Crippen LogP contribution is 2.38. The lowest BCUT2D eigenvalue weighted by atomic mass is 9.85. The molecule has 26 heavy (non-hydrogen) atoms. The number of thioether (sulfide) groups is 1. The summed E-state index contributed by atoms with van der Waals surface area (Å²) in [4.78, 5) is 24.8. The molecule has 0 aliphatic heterocycles. The number of nitrogens with zero attached hydrogens (tertiary/aromatic N) is 2. The van der Waals surface area contributed by atoms with Crippen molar-refractivity contribution in [2.75, 3.05) is 20.0 Å². The maximum Gasteiger partial charge on any atom is 0.349 e. The summed E-state index contributed by atoms with van der Waals surface area (Å²) in [6.45, 7) is 1.88. The molecular weight excluding hydrogens is 352 g/mol. The predicted octanol–water partition coefficient (Wildman–Crippen LogP) is 3.65. The second-order valence-electron chi connectivity index (χ2n) is 5.74. The Morgan fingerprint density at radius 3 is 2.35 bits per heavy atom. The molecule has 1 atom stereocenters. The summed E-state index contributed by atoms with van der Waals surface area (Å²) in [6.07, 6.45) is 6.68. The number of hydrogen-bond acceptors (Lipinski definition) is 7. The van der Waals surface area contributed by atoms with E-state index in [1.165, 1.54) is 18.9 Å². The molecule has 0 amide bonds. The molecule has 0 saturated carbocycles. The van der Waals surface area contributed by atoms with Gasteiger partial charge in [-0.2, -0.15) is 10.5 Å². The minimum Gasteiger partial charge on any atom is -0.465 e. The van der Waals surface area contributed by atoms with Crippen molar-refractivity contribution in [3.8, 4) is 12.1 Å². The Morgan fingerprint density at radius 1 is 1.19 bits per heavy atom. The molecule has 0 N–H and O–H groups in total. The van der Waals surface area contributed by atoms with Crippen LogP contribution in [0.3, 0.4) is 0 Å². The molecule has 0 saturated heterocycles. The highest BCUT2D eigenvalue weighted by Gasteiger charge is 2.30. The Morgan fingerprint density at radius 2 is 1.85 bits per heavy atom. The standard InChI is InChI=1S/C19H24N2O4S/c1-4-25-19(23)15(11-20)13-9-7-5-6-8-10-14(13)17(26-3)16(12-21)18(22)24-2/h15H,4-10H2,1-3H3. The number of carbonyl (C=O) groups is 2. The Bertz CT molecular complexity index is 683. The van der Waals surface area contributed by atoms with Crippen LogP contribution in [0.25, 0.3) is 0 Å². The number of hydrogen-bond donors (Lipinski definition) is 0. The molecule has 6 nitrogen and oxygen atoms in total. The van der Waals surface area contributed by atoms with E-state index >= 15 is 0 Å². The van der Waals surface area contributed by atoms with E-state index in [4.69, 9.17) is 9.47 Å². The van der Waals surface area contributed by atoms with E-state index in [0.717, 1.165) is 31.3 Å². The van der Waals surface area contributed by atoms with Crippen molar-refractivity contribution in [1.29, 1.82) is 10.5 Å². The van der Waals surface area contributed by atoms with Gasteiger partial charge in [-0.15, -0.1) is 11.8 Å². The summed E-state index contributed by atoms with van der Waals surface area (Å²) >= 11 is 1.26. The number of methoxy groups -OCH3 is 1. The summed E-state index contributed by atoms with van der Waals surface area (Å²) in [7, 11) is 1.22. The van der Waals surface area contributed by atoms with E-state index in [2.05, 4.69) is 6.07 Å². The van der Waals surface area contributed by atoms with Crippen LogP contribution in [0.5, 0.6) is 0 Å².